The van der Waals surface area contributed by atoms with Crippen molar-refractivity contribution in [3.05, 3.63) is 33.5 Å². The molecule has 0 bridgehead atoms. The van der Waals surface area contributed by atoms with E-state index in [1.807, 2.05) is 13.8 Å². The molecule has 1 aliphatic heterocycles. The van der Waals surface area contributed by atoms with Crippen molar-refractivity contribution >= 4 is 40.1 Å². The van der Waals surface area contributed by atoms with Crippen molar-refractivity contribution in [2.45, 2.75) is 39.7 Å². The van der Waals surface area contributed by atoms with Gasteiger partial charge in [0.25, 0.3) is 5.91 Å². The zero-order valence-corrected chi connectivity index (χ0v) is 15.1. The molecule has 1 N–H and O–H groups in total. The van der Waals surface area contributed by atoms with Gasteiger partial charge in [-0.3, -0.25) is 29.4 Å². The number of amides is 4. The van der Waals surface area contributed by atoms with E-state index in [1.165, 1.54) is 19.1 Å². The molecular weight excluding hydrogens is 383 g/mol. The largest absolute Gasteiger partial charge is 0.295 e. The minimum Gasteiger partial charge on any atom is -0.295 e. The zero-order chi connectivity index (χ0) is 18.4. The van der Waals surface area contributed by atoms with Gasteiger partial charge in [-0.1, -0.05) is 13.8 Å². The topological polar surface area (TPSA) is 83.6 Å². The fraction of sp³-hybridized carbons (Fsp3) is 0.375. The van der Waals surface area contributed by atoms with Crippen molar-refractivity contribution in [3.8, 4) is 0 Å². The highest BCUT2D eigenvalue weighted by Gasteiger charge is 2.35. The molecule has 8 heteroatoms. The minimum absolute atomic E-state index is 0.0162. The summed E-state index contributed by atoms with van der Waals surface area (Å²) in [6, 6.07) is 1.64. The van der Waals surface area contributed by atoms with E-state index >= 15 is 0 Å². The van der Waals surface area contributed by atoms with Crippen molar-refractivity contribution < 1.29 is 23.6 Å². The lowest BCUT2D eigenvalue weighted by atomic mass is 10.0. The molecule has 0 aromatic heterocycles. The van der Waals surface area contributed by atoms with Crippen molar-refractivity contribution in [1.82, 2.24) is 10.2 Å². The number of carbonyl (C=O) groups is 4. The Hall–Kier alpha value is -2.09. The zero-order valence-electron chi connectivity index (χ0n) is 13.6. The second-order valence-electron chi connectivity index (χ2n) is 4.82. The molecule has 130 valence electrons. The van der Waals surface area contributed by atoms with Crippen LogP contribution < -0.4 is 5.32 Å². The Morgan fingerprint density at radius 2 is 2.00 bits per heavy atom. The molecule has 4 amide bonds. The van der Waals surface area contributed by atoms with Gasteiger partial charge in [-0.15, -0.1) is 0 Å². The van der Waals surface area contributed by atoms with Crippen LogP contribution in [0, 0.1) is 12.7 Å². The first-order chi connectivity index (χ1) is 11.4. The van der Waals surface area contributed by atoms with Crippen LogP contribution in [0.3, 0.4) is 0 Å². The molecule has 6 nitrogen and oxygen atoms in total. The standard InChI is InChI=1S/C14H12BrFN2O4.C2H6/c1-7-8(2-3-9(15)12(7)16)14(22)18(6-19)10-4-5-11(20)17-13(10)21;1-2/h2-3,6,10H,4-5H2,1H3,(H,17,20,21);1-2H3. The summed E-state index contributed by atoms with van der Waals surface area (Å²) in [6.45, 7) is 5.40. The Balaban J connectivity index is 0.00000139. The predicted molar refractivity (Wildman–Crippen MR) is 88.6 cm³/mol. The minimum atomic E-state index is -1.08. The van der Waals surface area contributed by atoms with Gasteiger partial charge < -0.3 is 0 Å². The molecule has 1 aromatic carbocycles. The van der Waals surface area contributed by atoms with Crippen LogP contribution in [-0.2, 0) is 14.4 Å². The summed E-state index contributed by atoms with van der Waals surface area (Å²) in [5, 5.41) is 2.07. The summed E-state index contributed by atoms with van der Waals surface area (Å²) in [5.74, 6) is -2.56. The lowest BCUT2D eigenvalue weighted by Gasteiger charge is -2.28. The van der Waals surface area contributed by atoms with Gasteiger partial charge in [-0.25, -0.2) is 4.39 Å². The third-order valence-corrected chi connectivity index (χ3v) is 4.08. The Morgan fingerprint density at radius 3 is 2.54 bits per heavy atom. The Kier molecular flexibility index (Phi) is 7.21. The van der Waals surface area contributed by atoms with Crippen LogP contribution in [0.15, 0.2) is 16.6 Å². The van der Waals surface area contributed by atoms with Gasteiger partial charge in [0.2, 0.25) is 18.2 Å². The third-order valence-electron chi connectivity index (χ3n) is 3.46. The summed E-state index contributed by atoms with van der Waals surface area (Å²) in [5.41, 5.74) is 0.0519. The second-order valence-corrected chi connectivity index (χ2v) is 5.67. The van der Waals surface area contributed by atoms with E-state index in [9.17, 15) is 23.6 Å². The van der Waals surface area contributed by atoms with Gasteiger partial charge in [-0.2, -0.15) is 0 Å². The van der Waals surface area contributed by atoms with Gasteiger partial charge in [0.1, 0.15) is 11.9 Å². The highest BCUT2D eigenvalue weighted by atomic mass is 79.9. The summed E-state index contributed by atoms with van der Waals surface area (Å²) >= 11 is 3.01. The number of benzene rings is 1. The normalized spacial score (nSPS) is 16.6. The van der Waals surface area contributed by atoms with Crippen LogP contribution in [0.25, 0.3) is 0 Å². The number of rotatable bonds is 3. The van der Waals surface area contributed by atoms with E-state index in [0.717, 1.165) is 0 Å². The van der Waals surface area contributed by atoms with Crippen molar-refractivity contribution in [3.63, 3.8) is 0 Å². The molecule has 0 radical (unpaired) electrons. The number of piperidine rings is 1. The lowest BCUT2D eigenvalue weighted by Crippen LogP contribution is -2.53. The van der Waals surface area contributed by atoms with Crippen LogP contribution in [0.5, 0.6) is 0 Å². The number of carbonyl (C=O) groups excluding carboxylic acids is 4. The van der Waals surface area contributed by atoms with Gasteiger partial charge in [0.15, 0.2) is 0 Å². The van der Waals surface area contributed by atoms with E-state index in [4.69, 9.17) is 0 Å². The number of halogens is 2. The smallest absolute Gasteiger partial charge is 0.261 e. The third kappa shape index (κ3) is 4.05. The first kappa shape index (κ1) is 20.0. The molecule has 1 saturated heterocycles. The van der Waals surface area contributed by atoms with Crippen LogP contribution in [-0.4, -0.2) is 35.1 Å². The first-order valence-electron chi connectivity index (χ1n) is 7.43. The summed E-state index contributed by atoms with van der Waals surface area (Å²) in [6.07, 6.45) is 0.302. The van der Waals surface area contributed by atoms with E-state index in [1.54, 1.807) is 0 Å². The quantitative estimate of drug-likeness (QED) is 0.623. The Morgan fingerprint density at radius 1 is 1.38 bits per heavy atom. The highest BCUT2D eigenvalue weighted by molar-refractivity contribution is 9.10. The molecule has 0 saturated carbocycles. The van der Waals surface area contributed by atoms with Crippen molar-refractivity contribution in [2.75, 3.05) is 0 Å². The molecule has 1 aliphatic rings. The average Bonchev–Trinajstić information content (AvgIpc) is 2.57. The molecule has 1 fully saturated rings. The van der Waals surface area contributed by atoms with Crippen molar-refractivity contribution in [2.24, 2.45) is 0 Å². The average molecular weight is 401 g/mol. The highest BCUT2D eigenvalue weighted by Crippen LogP contribution is 2.23. The molecule has 1 unspecified atom stereocenters. The number of imide groups is 2. The number of nitrogens with one attached hydrogen (secondary N) is 1. The SMILES string of the molecule is CC.Cc1c(C(=O)N(C=O)C2CCC(=O)NC2=O)ccc(Br)c1F. The van der Waals surface area contributed by atoms with Gasteiger partial charge in [0.05, 0.1) is 4.47 Å². The van der Waals surface area contributed by atoms with E-state index in [2.05, 4.69) is 21.2 Å². The molecule has 0 aliphatic carbocycles. The molecule has 2 rings (SSSR count). The van der Waals surface area contributed by atoms with E-state index in [0.29, 0.717) is 4.90 Å². The Bertz CT molecular complexity index is 678. The molecule has 1 aromatic rings. The summed E-state index contributed by atoms with van der Waals surface area (Å²) < 4.78 is 14.1. The van der Waals surface area contributed by atoms with E-state index < -0.39 is 29.6 Å². The van der Waals surface area contributed by atoms with Gasteiger partial charge in [0, 0.05) is 12.0 Å². The molecule has 24 heavy (non-hydrogen) atoms. The maximum absolute atomic E-state index is 13.9. The maximum atomic E-state index is 13.9. The second kappa shape index (κ2) is 8.68. The molecule has 0 spiro atoms. The fourth-order valence-corrected chi connectivity index (χ4v) is 2.66. The number of hydrogen-bond acceptors (Lipinski definition) is 4. The predicted octanol–water partition coefficient (Wildman–Crippen LogP) is 2.33. The number of hydrogen-bond donors (Lipinski definition) is 1. The maximum Gasteiger partial charge on any atom is 0.261 e. The Labute approximate surface area is 147 Å². The summed E-state index contributed by atoms with van der Waals surface area (Å²) in [4.78, 5) is 47.3. The van der Waals surface area contributed by atoms with Gasteiger partial charge >= 0.3 is 0 Å². The fourth-order valence-electron chi connectivity index (χ4n) is 2.23. The van der Waals surface area contributed by atoms with Crippen LogP contribution in [0.2, 0.25) is 0 Å². The van der Waals surface area contributed by atoms with Gasteiger partial charge in [-0.05, 0) is 47.0 Å². The van der Waals surface area contributed by atoms with Crippen LogP contribution in [0.1, 0.15) is 42.6 Å². The molecular formula is C16H18BrFN2O4. The van der Waals surface area contributed by atoms with Crippen LogP contribution >= 0.6 is 15.9 Å². The molecule has 1 atom stereocenters. The first-order valence-corrected chi connectivity index (χ1v) is 8.22. The molecule has 1 heterocycles. The van der Waals surface area contributed by atoms with Crippen LogP contribution in [0.4, 0.5) is 4.39 Å². The summed E-state index contributed by atoms with van der Waals surface area (Å²) in [7, 11) is 0. The lowest BCUT2D eigenvalue weighted by molar-refractivity contribution is -0.139. The van der Waals surface area contributed by atoms with E-state index in [-0.39, 0.29) is 34.9 Å². The monoisotopic (exact) mass is 400 g/mol. The van der Waals surface area contributed by atoms with Crippen molar-refractivity contribution in [1.29, 1.82) is 0 Å². The number of nitrogens with zero attached hydrogens (tertiary/aromatic N) is 1.